The van der Waals surface area contributed by atoms with Crippen molar-refractivity contribution in [3.8, 4) is 28.6 Å². The lowest BCUT2D eigenvalue weighted by molar-refractivity contribution is -0.286. The van der Waals surface area contributed by atoms with E-state index in [2.05, 4.69) is 21.4 Å². The van der Waals surface area contributed by atoms with Gasteiger partial charge in [0.15, 0.2) is 11.5 Å². The fraction of sp³-hybridized carbons (Fsp3) is 0.500. The number of ether oxygens (including phenoxy) is 5. The van der Waals surface area contributed by atoms with Crippen molar-refractivity contribution in [3.63, 3.8) is 0 Å². The molecule has 2 aliphatic carbocycles. The normalized spacial score (nSPS) is 33.7. The maximum absolute atomic E-state index is 13.8. The Kier molecular flexibility index (Phi) is 7.58. The van der Waals surface area contributed by atoms with Gasteiger partial charge in [0.25, 0.3) is 0 Å². The number of hydrogen-bond acceptors (Lipinski definition) is 11. The van der Waals surface area contributed by atoms with Gasteiger partial charge in [-0.15, -0.1) is 8.78 Å². The number of alkyl halides is 2. The summed E-state index contributed by atoms with van der Waals surface area (Å²) in [5, 5.41) is 12.3. The van der Waals surface area contributed by atoms with Crippen LogP contribution in [-0.2, 0) is 14.3 Å². The highest BCUT2D eigenvalue weighted by Crippen LogP contribution is 2.68. The average Bonchev–Trinajstić information content (AvgIpc) is 3.36. The highest BCUT2D eigenvalue weighted by molar-refractivity contribution is 5.90. The molecule has 49 heavy (non-hydrogen) atoms. The van der Waals surface area contributed by atoms with Crippen LogP contribution in [0.5, 0.6) is 17.2 Å². The summed E-state index contributed by atoms with van der Waals surface area (Å²) < 4.78 is 60.8. The highest BCUT2D eigenvalue weighted by Gasteiger charge is 2.70. The number of esters is 2. The summed E-state index contributed by atoms with van der Waals surface area (Å²) in [6.07, 6.45) is -1.55. The predicted octanol–water partition coefficient (Wildman–Crippen LogP) is 6.08. The van der Waals surface area contributed by atoms with Gasteiger partial charge in [0, 0.05) is 42.3 Å². The van der Waals surface area contributed by atoms with Gasteiger partial charge in [-0.25, -0.2) is 9.59 Å². The van der Waals surface area contributed by atoms with E-state index < -0.39 is 58.4 Å². The van der Waals surface area contributed by atoms with Gasteiger partial charge >= 0.3 is 23.9 Å². The van der Waals surface area contributed by atoms with Crippen molar-refractivity contribution >= 4 is 11.9 Å². The van der Waals surface area contributed by atoms with Gasteiger partial charge in [-0.2, -0.15) is 0 Å². The van der Waals surface area contributed by atoms with Crippen molar-refractivity contribution in [3.05, 3.63) is 70.3 Å². The van der Waals surface area contributed by atoms with E-state index in [0.29, 0.717) is 12.0 Å². The van der Waals surface area contributed by atoms with Gasteiger partial charge in [-0.05, 0) is 73.8 Å². The molecule has 0 spiro atoms. The predicted molar refractivity (Wildman–Crippen MR) is 167 cm³/mol. The Labute approximate surface area is 280 Å². The molecule has 4 heterocycles. The van der Waals surface area contributed by atoms with E-state index in [4.69, 9.17) is 18.6 Å². The van der Waals surface area contributed by atoms with Crippen LogP contribution in [-0.4, -0.2) is 46.6 Å². The van der Waals surface area contributed by atoms with Gasteiger partial charge in [0.1, 0.15) is 28.8 Å². The first-order valence-electron chi connectivity index (χ1n) is 16.3. The van der Waals surface area contributed by atoms with Crippen molar-refractivity contribution in [2.45, 2.75) is 78.0 Å². The molecule has 8 atom stereocenters. The van der Waals surface area contributed by atoms with E-state index in [1.807, 2.05) is 13.8 Å². The monoisotopic (exact) mass is 681 g/mol. The molecule has 1 N–H and O–H groups in total. The fourth-order valence-corrected chi connectivity index (χ4v) is 8.97. The van der Waals surface area contributed by atoms with Crippen molar-refractivity contribution in [1.29, 1.82) is 0 Å². The van der Waals surface area contributed by atoms with Crippen LogP contribution < -0.4 is 19.8 Å². The molecule has 2 saturated carbocycles. The number of aromatic nitrogens is 1. The summed E-state index contributed by atoms with van der Waals surface area (Å²) in [5.41, 5.74) is -3.07. The standard InChI is InChI=1S/C36H37F2NO10/c1-18-10-11-33(3)26(34(18,4)17-44-19(2)40)15-27(46-31(42)20-8-9-22-24(13-20)49-36(37,38)48-22)35(5)30(33)29(41)28-25(47-35)14-23(45-32(28)43)21-7-6-12-39-16-21/h6-9,12-14,16,18,26-27,29-30,41H,10-11,15,17H2,1-5H3/t18-,26?,27-,29-,30?,33-,34?,35+/m0/s1. The number of rotatable bonds is 5. The van der Waals surface area contributed by atoms with E-state index in [1.54, 1.807) is 25.3 Å². The summed E-state index contributed by atoms with van der Waals surface area (Å²) in [4.78, 5) is 43.6. The highest BCUT2D eigenvalue weighted by atomic mass is 19.3. The van der Waals surface area contributed by atoms with E-state index in [9.17, 15) is 28.3 Å². The van der Waals surface area contributed by atoms with Crippen molar-refractivity contribution in [2.75, 3.05) is 6.61 Å². The zero-order valence-electron chi connectivity index (χ0n) is 27.7. The first-order chi connectivity index (χ1) is 23.1. The molecule has 1 aromatic carbocycles. The maximum atomic E-state index is 13.8. The minimum absolute atomic E-state index is 0.0425. The number of aliphatic hydroxyl groups is 1. The molecule has 3 unspecified atom stereocenters. The van der Waals surface area contributed by atoms with Crippen molar-refractivity contribution in [1.82, 2.24) is 4.98 Å². The van der Waals surface area contributed by atoms with Crippen LogP contribution in [0.2, 0.25) is 0 Å². The lowest BCUT2D eigenvalue weighted by atomic mass is 9.41. The Morgan fingerprint density at radius 1 is 1.06 bits per heavy atom. The second kappa shape index (κ2) is 11.3. The lowest BCUT2D eigenvalue weighted by Crippen LogP contribution is -2.70. The molecule has 2 aromatic heterocycles. The fourth-order valence-electron chi connectivity index (χ4n) is 8.97. The number of carbonyl (C=O) groups excluding carboxylic acids is 2. The number of carbonyl (C=O) groups is 2. The summed E-state index contributed by atoms with van der Waals surface area (Å²) in [6.45, 7) is 9.34. The van der Waals surface area contributed by atoms with Crippen LogP contribution in [0.15, 0.2) is 58.0 Å². The molecule has 0 amide bonds. The molecule has 3 aromatic rings. The van der Waals surface area contributed by atoms with Crippen molar-refractivity contribution in [2.24, 2.45) is 28.6 Å². The van der Waals surface area contributed by atoms with Crippen LogP contribution in [0.3, 0.4) is 0 Å². The van der Waals surface area contributed by atoms with E-state index in [0.717, 1.165) is 12.5 Å². The van der Waals surface area contributed by atoms with Crippen LogP contribution in [0.4, 0.5) is 8.78 Å². The molecule has 11 nitrogen and oxygen atoms in total. The summed E-state index contributed by atoms with van der Waals surface area (Å²) in [5.74, 6) is -2.57. The third-order valence-electron chi connectivity index (χ3n) is 11.6. The third-order valence-corrected chi connectivity index (χ3v) is 11.6. The Balaban J connectivity index is 1.33. The third kappa shape index (κ3) is 5.24. The number of nitrogens with zero attached hydrogens (tertiary/aromatic N) is 1. The summed E-state index contributed by atoms with van der Waals surface area (Å²) in [6, 6.07) is 8.54. The molecule has 0 radical (unpaired) electrons. The van der Waals surface area contributed by atoms with Gasteiger partial charge < -0.3 is 33.2 Å². The number of halogens is 2. The molecule has 260 valence electrons. The number of aliphatic hydroxyl groups excluding tert-OH is 1. The molecule has 0 bridgehead atoms. The quantitative estimate of drug-likeness (QED) is 0.313. The Morgan fingerprint density at radius 3 is 2.53 bits per heavy atom. The molecule has 0 saturated heterocycles. The zero-order valence-corrected chi connectivity index (χ0v) is 27.7. The van der Waals surface area contributed by atoms with Crippen LogP contribution in [0.1, 0.15) is 75.9 Å². The number of pyridine rings is 1. The minimum atomic E-state index is -3.87. The van der Waals surface area contributed by atoms with Gasteiger partial charge in [0.2, 0.25) is 0 Å². The lowest BCUT2D eigenvalue weighted by Gasteiger charge is -2.66. The Morgan fingerprint density at radius 2 is 1.82 bits per heavy atom. The second-order valence-corrected chi connectivity index (χ2v) is 14.4. The summed E-state index contributed by atoms with van der Waals surface area (Å²) in [7, 11) is 0. The first-order valence-corrected chi connectivity index (χ1v) is 16.3. The summed E-state index contributed by atoms with van der Waals surface area (Å²) >= 11 is 0. The molecular formula is C36H37F2NO10. The number of hydrogen-bond donors (Lipinski definition) is 1. The van der Waals surface area contributed by atoms with E-state index in [1.165, 1.54) is 31.3 Å². The van der Waals surface area contributed by atoms with E-state index >= 15 is 0 Å². The van der Waals surface area contributed by atoms with Crippen LogP contribution >= 0.6 is 0 Å². The molecule has 13 heteroatoms. The van der Waals surface area contributed by atoms with Crippen LogP contribution in [0, 0.1) is 28.6 Å². The Hall–Kier alpha value is -4.52. The van der Waals surface area contributed by atoms with Crippen LogP contribution in [0.25, 0.3) is 11.3 Å². The topological polar surface area (TPSA) is 144 Å². The van der Waals surface area contributed by atoms with Gasteiger partial charge in [0.05, 0.1) is 18.3 Å². The molecular weight excluding hydrogens is 644 g/mol. The average molecular weight is 682 g/mol. The Bertz CT molecular complexity index is 1880. The van der Waals surface area contributed by atoms with E-state index in [-0.39, 0.29) is 59.0 Å². The minimum Gasteiger partial charge on any atom is -0.482 e. The number of fused-ring (bicyclic) bond motifs is 5. The van der Waals surface area contributed by atoms with Crippen molar-refractivity contribution < 1.29 is 51.6 Å². The van der Waals surface area contributed by atoms with Gasteiger partial charge in [-0.1, -0.05) is 20.8 Å². The molecule has 4 aliphatic rings. The largest absolute Gasteiger partial charge is 0.586 e. The first kappa shape index (κ1) is 33.0. The molecule has 2 aliphatic heterocycles. The SMILES string of the molecule is CC(=O)OCC1(C)C2C[C@H](OC(=O)c3ccc4c(c3)OC(F)(F)O4)[C@@]3(C)Oc4cc(-c5cccnc5)oc(=O)c4[C@H](O)C3[C@@]2(C)CC[C@@H]1C. The second-order valence-electron chi connectivity index (χ2n) is 14.4. The van der Waals surface area contributed by atoms with Gasteiger partial charge in [-0.3, -0.25) is 9.78 Å². The number of benzene rings is 1. The smallest absolute Gasteiger partial charge is 0.482 e. The molecule has 2 fully saturated rings. The molecule has 7 rings (SSSR count). The zero-order chi connectivity index (χ0) is 35.1. The maximum Gasteiger partial charge on any atom is 0.586 e.